The number of aromatic amines is 1. The van der Waals surface area contributed by atoms with Crippen molar-refractivity contribution in [3.05, 3.63) is 29.7 Å². The third kappa shape index (κ3) is 2.85. The van der Waals surface area contributed by atoms with E-state index in [2.05, 4.69) is 25.3 Å². The van der Waals surface area contributed by atoms with Crippen LogP contribution in [0.2, 0.25) is 5.15 Å². The number of nitrogens with one attached hydrogen (secondary N) is 2. The molecule has 2 heterocycles. The largest absolute Gasteiger partial charge is 0.490 e. The average Bonchev–Trinajstić information content (AvgIpc) is 2.82. The summed E-state index contributed by atoms with van der Waals surface area (Å²) in [5, 5.41) is 3.43. The van der Waals surface area contributed by atoms with Gasteiger partial charge in [-0.3, -0.25) is 0 Å². The Labute approximate surface area is 103 Å². The number of aromatic nitrogens is 4. The van der Waals surface area contributed by atoms with Crippen molar-refractivity contribution >= 4 is 17.4 Å². The number of rotatable bonds is 5. The van der Waals surface area contributed by atoms with Gasteiger partial charge < -0.3 is 15.0 Å². The van der Waals surface area contributed by atoms with Crippen LogP contribution in [0.15, 0.2) is 18.9 Å². The summed E-state index contributed by atoms with van der Waals surface area (Å²) in [6.45, 7) is 0.700. The molecule has 2 aromatic rings. The Morgan fingerprint density at radius 2 is 2.35 bits per heavy atom. The Morgan fingerprint density at radius 3 is 3.06 bits per heavy atom. The number of hydrogen-bond donors (Lipinski definition) is 2. The number of hydrogen-bond acceptors (Lipinski definition) is 5. The molecule has 0 bridgehead atoms. The quantitative estimate of drug-likeness (QED) is 0.790. The van der Waals surface area contributed by atoms with E-state index in [1.54, 1.807) is 12.5 Å². The molecule has 0 aliphatic rings. The normalized spacial score (nSPS) is 10.2. The van der Waals surface area contributed by atoms with Crippen LogP contribution in [-0.2, 0) is 6.42 Å². The zero-order chi connectivity index (χ0) is 12.1. The van der Waals surface area contributed by atoms with Crippen LogP contribution in [0.25, 0.3) is 0 Å². The summed E-state index contributed by atoms with van der Waals surface area (Å²) >= 11 is 5.88. The zero-order valence-electron chi connectivity index (χ0n) is 9.27. The van der Waals surface area contributed by atoms with Gasteiger partial charge in [0.15, 0.2) is 16.7 Å². The molecule has 0 fully saturated rings. The highest BCUT2D eigenvalue weighted by molar-refractivity contribution is 6.31. The van der Waals surface area contributed by atoms with Crippen LogP contribution in [0.5, 0.6) is 5.75 Å². The third-order valence-electron chi connectivity index (χ3n) is 2.21. The monoisotopic (exact) mass is 253 g/mol. The van der Waals surface area contributed by atoms with Crippen molar-refractivity contribution in [3.8, 4) is 5.75 Å². The van der Waals surface area contributed by atoms with Gasteiger partial charge >= 0.3 is 0 Å². The van der Waals surface area contributed by atoms with Gasteiger partial charge in [0.25, 0.3) is 0 Å². The Morgan fingerprint density at radius 1 is 1.47 bits per heavy atom. The standard InChI is InChI=1S/C10H12ClN5O/c1-17-8-9(11)15-6-16-10(8)13-3-2-7-4-12-5-14-7/h4-6H,2-3H2,1H3,(H,12,14)(H,13,15,16). The molecule has 2 N–H and O–H groups in total. The topological polar surface area (TPSA) is 75.7 Å². The summed E-state index contributed by atoms with van der Waals surface area (Å²) in [5.41, 5.74) is 1.05. The molecule has 0 aliphatic heterocycles. The lowest BCUT2D eigenvalue weighted by Gasteiger charge is -2.09. The van der Waals surface area contributed by atoms with Gasteiger partial charge in [-0.15, -0.1) is 0 Å². The van der Waals surface area contributed by atoms with E-state index >= 15 is 0 Å². The lowest BCUT2D eigenvalue weighted by atomic mass is 10.3. The van der Waals surface area contributed by atoms with E-state index in [0.717, 1.165) is 12.1 Å². The molecule has 2 aromatic heterocycles. The summed E-state index contributed by atoms with van der Waals surface area (Å²) in [4.78, 5) is 14.9. The van der Waals surface area contributed by atoms with Crippen LogP contribution in [0.1, 0.15) is 5.69 Å². The molecule has 0 aliphatic carbocycles. The predicted molar refractivity (Wildman–Crippen MR) is 64.4 cm³/mol. The highest BCUT2D eigenvalue weighted by Crippen LogP contribution is 2.27. The molecule has 0 saturated heterocycles. The van der Waals surface area contributed by atoms with Gasteiger partial charge in [0, 0.05) is 24.9 Å². The number of nitrogens with zero attached hydrogens (tertiary/aromatic N) is 3. The summed E-state index contributed by atoms with van der Waals surface area (Å²) in [6, 6.07) is 0. The van der Waals surface area contributed by atoms with Crippen molar-refractivity contribution in [1.29, 1.82) is 0 Å². The van der Waals surface area contributed by atoms with Crippen LogP contribution in [-0.4, -0.2) is 33.6 Å². The van der Waals surface area contributed by atoms with Crippen molar-refractivity contribution in [2.75, 3.05) is 19.0 Å². The molecule has 0 spiro atoms. The molecule has 6 nitrogen and oxygen atoms in total. The maximum atomic E-state index is 5.88. The SMILES string of the molecule is COc1c(Cl)ncnc1NCCc1cnc[nH]1. The second-order valence-electron chi connectivity index (χ2n) is 3.30. The van der Waals surface area contributed by atoms with Crippen molar-refractivity contribution in [2.24, 2.45) is 0 Å². The fraction of sp³-hybridized carbons (Fsp3) is 0.300. The number of imidazole rings is 1. The number of methoxy groups -OCH3 is 1. The van der Waals surface area contributed by atoms with Crippen LogP contribution in [0, 0.1) is 0 Å². The molecule has 0 radical (unpaired) electrons. The van der Waals surface area contributed by atoms with Crippen LogP contribution in [0.3, 0.4) is 0 Å². The first-order chi connectivity index (χ1) is 8.31. The molecular weight excluding hydrogens is 242 g/mol. The Bertz CT molecular complexity index is 474. The molecule has 0 unspecified atom stereocenters. The number of halogens is 1. The molecule has 0 saturated carbocycles. The van der Waals surface area contributed by atoms with Crippen LogP contribution < -0.4 is 10.1 Å². The average molecular weight is 254 g/mol. The lowest BCUT2D eigenvalue weighted by molar-refractivity contribution is 0.413. The first-order valence-corrected chi connectivity index (χ1v) is 5.44. The fourth-order valence-electron chi connectivity index (χ4n) is 1.40. The van der Waals surface area contributed by atoms with Crippen molar-refractivity contribution in [3.63, 3.8) is 0 Å². The van der Waals surface area contributed by atoms with E-state index in [1.165, 1.54) is 13.4 Å². The smallest absolute Gasteiger partial charge is 0.198 e. The molecule has 2 rings (SSSR count). The van der Waals surface area contributed by atoms with Crippen molar-refractivity contribution in [2.45, 2.75) is 6.42 Å². The Hall–Kier alpha value is -1.82. The molecule has 0 aromatic carbocycles. The molecule has 0 amide bonds. The van der Waals surface area contributed by atoms with Crippen molar-refractivity contribution < 1.29 is 4.74 Å². The van der Waals surface area contributed by atoms with E-state index in [-0.39, 0.29) is 0 Å². The van der Waals surface area contributed by atoms with Crippen LogP contribution >= 0.6 is 11.6 Å². The van der Waals surface area contributed by atoms with Gasteiger partial charge in [0.2, 0.25) is 0 Å². The van der Waals surface area contributed by atoms with Gasteiger partial charge in [-0.25, -0.2) is 15.0 Å². The minimum Gasteiger partial charge on any atom is -0.490 e. The number of H-pyrrole nitrogens is 1. The zero-order valence-corrected chi connectivity index (χ0v) is 10.0. The minimum absolute atomic E-state index is 0.298. The Kier molecular flexibility index (Phi) is 3.77. The Balaban J connectivity index is 1.97. The summed E-state index contributed by atoms with van der Waals surface area (Å²) < 4.78 is 5.12. The lowest BCUT2D eigenvalue weighted by Crippen LogP contribution is -2.08. The molecule has 90 valence electrons. The summed E-state index contributed by atoms with van der Waals surface area (Å²) in [6.07, 6.45) is 5.64. The molecule has 7 heteroatoms. The highest BCUT2D eigenvalue weighted by Gasteiger charge is 2.09. The second-order valence-corrected chi connectivity index (χ2v) is 3.66. The van der Waals surface area contributed by atoms with Gasteiger partial charge in [0.05, 0.1) is 13.4 Å². The van der Waals surface area contributed by atoms with Gasteiger partial charge in [-0.05, 0) is 0 Å². The third-order valence-corrected chi connectivity index (χ3v) is 2.48. The maximum absolute atomic E-state index is 5.88. The van der Waals surface area contributed by atoms with Gasteiger partial charge in [-0.2, -0.15) is 0 Å². The molecule has 0 atom stereocenters. The van der Waals surface area contributed by atoms with Gasteiger partial charge in [-0.1, -0.05) is 11.6 Å². The second kappa shape index (κ2) is 5.49. The van der Waals surface area contributed by atoms with E-state index in [0.29, 0.717) is 23.3 Å². The molecular formula is C10H12ClN5O. The first kappa shape index (κ1) is 11.7. The van der Waals surface area contributed by atoms with E-state index in [1.807, 2.05) is 0 Å². The van der Waals surface area contributed by atoms with Gasteiger partial charge in [0.1, 0.15) is 6.33 Å². The number of ether oxygens (including phenoxy) is 1. The summed E-state index contributed by atoms with van der Waals surface area (Å²) in [5.74, 6) is 1.05. The van der Waals surface area contributed by atoms with Crippen molar-refractivity contribution in [1.82, 2.24) is 19.9 Å². The number of anilines is 1. The molecule has 17 heavy (non-hydrogen) atoms. The van der Waals surface area contributed by atoms with Crippen LogP contribution in [0.4, 0.5) is 5.82 Å². The van der Waals surface area contributed by atoms with E-state index in [9.17, 15) is 0 Å². The first-order valence-electron chi connectivity index (χ1n) is 5.07. The minimum atomic E-state index is 0.298. The summed E-state index contributed by atoms with van der Waals surface area (Å²) in [7, 11) is 1.53. The van der Waals surface area contributed by atoms with E-state index < -0.39 is 0 Å². The maximum Gasteiger partial charge on any atom is 0.198 e. The predicted octanol–water partition coefficient (Wildman–Crippen LogP) is 1.52. The highest BCUT2D eigenvalue weighted by atomic mass is 35.5. The van der Waals surface area contributed by atoms with E-state index in [4.69, 9.17) is 16.3 Å². The fourth-order valence-corrected chi connectivity index (χ4v) is 1.61.